The molecule has 0 fully saturated rings. The van der Waals surface area contributed by atoms with E-state index < -0.39 is 12.1 Å². The van der Waals surface area contributed by atoms with Gasteiger partial charge in [-0.25, -0.2) is 4.79 Å². The molecular formula is C25H27NO4S. The van der Waals surface area contributed by atoms with Gasteiger partial charge < -0.3 is 14.8 Å². The van der Waals surface area contributed by atoms with Crippen LogP contribution in [0.5, 0.6) is 5.75 Å². The lowest BCUT2D eigenvalue weighted by molar-refractivity contribution is -0.122. The fraction of sp³-hybridized carbons (Fsp3) is 0.280. The van der Waals surface area contributed by atoms with Crippen LogP contribution in [0.15, 0.2) is 53.9 Å². The number of amides is 1. The van der Waals surface area contributed by atoms with Crippen LogP contribution >= 0.6 is 11.3 Å². The summed E-state index contributed by atoms with van der Waals surface area (Å²) in [6, 6.07) is 15.4. The number of hydrogen-bond donors (Lipinski definition) is 1. The third-order valence-corrected chi connectivity index (χ3v) is 5.62. The molecule has 3 aromatic rings. The molecule has 0 radical (unpaired) electrons. The molecule has 0 aliphatic heterocycles. The van der Waals surface area contributed by atoms with Gasteiger partial charge in [0.25, 0.3) is 5.91 Å². The Morgan fingerprint density at radius 2 is 1.71 bits per heavy atom. The maximum Gasteiger partial charge on any atom is 0.341 e. The molecule has 0 bridgehead atoms. The average molecular weight is 438 g/mol. The lowest BCUT2D eigenvalue weighted by atomic mass is 10.0. The van der Waals surface area contributed by atoms with Crippen LogP contribution in [-0.2, 0) is 9.53 Å². The van der Waals surface area contributed by atoms with Gasteiger partial charge in [0.1, 0.15) is 16.3 Å². The third kappa shape index (κ3) is 5.52. The second-order valence-corrected chi connectivity index (χ2v) is 8.15. The zero-order chi connectivity index (χ0) is 22.4. The van der Waals surface area contributed by atoms with Gasteiger partial charge >= 0.3 is 5.97 Å². The first-order valence-corrected chi connectivity index (χ1v) is 11.2. The number of esters is 1. The predicted molar refractivity (Wildman–Crippen MR) is 125 cm³/mol. The molecule has 5 nitrogen and oxygen atoms in total. The lowest BCUT2D eigenvalue weighted by Crippen LogP contribution is -2.32. The van der Waals surface area contributed by atoms with Gasteiger partial charge in [-0.3, -0.25) is 4.79 Å². The van der Waals surface area contributed by atoms with Gasteiger partial charge in [-0.1, -0.05) is 43.3 Å². The molecule has 1 amide bonds. The summed E-state index contributed by atoms with van der Waals surface area (Å²) in [6.07, 6.45) is -0.191. The number of carbonyl (C=O) groups excluding carboxylic acids is 2. The van der Waals surface area contributed by atoms with E-state index in [2.05, 4.69) is 11.4 Å². The minimum atomic E-state index is -0.682. The molecule has 0 aliphatic carbocycles. The van der Waals surface area contributed by atoms with Crippen molar-refractivity contribution in [2.24, 2.45) is 0 Å². The van der Waals surface area contributed by atoms with E-state index >= 15 is 0 Å². The van der Waals surface area contributed by atoms with Gasteiger partial charge in [-0.2, -0.15) is 0 Å². The van der Waals surface area contributed by atoms with Crippen LogP contribution in [0.3, 0.4) is 0 Å². The second kappa shape index (κ2) is 10.3. The summed E-state index contributed by atoms with van der Waals surface area (Å²) in [5.41, 5.74) is 4.14. The topological polar surface area (TPSA) is 64.6 Å². The molecule has 0 spiro atoms. The van der Waals surface area contributed by atoms with Gasteiger partial charge in [0.05, 0.1) is 6.61 Å². The Kier molecular flexibility index (Phi) is 7.47. The predicted octanol–water partition coefficient (Wildman–Crippen LogP) is 6.00. The van der Waals surface area contributed by atoms with Crippen molar-refractivity contribution in [1.29, 1.82) is 0 Å². The number of anilines is 1. The number of aryl methyl sites for hydroxylation is 2. The maximum atomic E-state index is 13.0. The van der Waals surface area contributed by atoms with Crippen LogP contribution in [0.25, 0.3) is 11.1 Å². The number of ether oxygens (including phenoxy) is 2. The number of carbonyl (C=O) groups is 2. The van der Waals surface area contributed by atoms with Crippen molar-refractivity contribution in [3.05, 3.63) is 70.6 Å². The molecule has 0 aliphatic rings. The van der Waals surface area contributed by atoms with Crippen molar-refractivity contribution >= 4 is 28.2 Å². The average Bonchev–Trinajstić information content (AvgIpc) is 3.15. The van der Waals surface area contributed by atoms with E-state index in [1.165, 1.54) is 11.3 Å². The Balaban J connectivity index is 1.87. The van der Waals surface area contributed by atoms with E-state index in [-0.39, 0.29) is 12.5 Å². The molecule has 3 rings (SSSR count). The zero-order valence-corrected chi connectivity index (χ0v) is 19.0. The minimum Gasteiger partial charge on any atom is -0.481 e. The van der Waals surface area contributed by atoms with Crippen LogP contribution in [-0.4, -0.2) is 24.6 Å². The van der Waals surface area contributed by atoms with Crippen LogP contribution in [0.2, 0.25) is 0 Å². The highest BCUT2D eigenvalue weighted by molar-refractivity contribution is 7.15. The zero-order valence-electron chi connectivity index (χ0n) is 18.2. The van der Waals surface area contributed by atoms with Crippen molar-refractivity contribution in [1.82, 2.24) is 0 Å². The number of hydrogen-bond acceptors (Lipinski definition) is 5. The van der Waals surface area contributed by atoms with Gasteiger partial charge in [0.2, 0.25) is 0 Å². The molecule has 1 unspecified atom stereocenters. The highest BCUT2D eigenvalue weighted by Crippen LogP contribution is 2.36. The first-order valence-electron chi connectivity index (χ1n) is 10.3. The van der Waals surface area contributed by atoms with Crippen molar-refractivity contribution in [3.8, 4) is 16.9 Å². The summed E-state index contributed by atoms with van der Waals surface area (Å²) in [5.74, 6) is -0.101. The quantitative estimate of drug-likeness (QED) is 0.439. The first kappa shape index (κ1) is 22.6. The van der Waals surface area contributed by atoms with Crippen molar-refractivity contribution < 1.29 is 19.1 Å². The summed E-state index contributed by atoms with van der Waals surface area (Å²) in [6.45, 7) is 7.88. The van der Waals surface area contributed by atoms with E-state index in [1.807, 2.05) is 68.6 Å². The van der Waals surface area contributed by atoms with E-state index in [1.54, 1.807) is 6.92 Å². The number of thiophene rings is 1. The second-order valence-electron chi connectivity index (χ2n) is 7.27. The smallest absolute Gasteiger partial charge is 0.341 e. The Labute approximate surface area is 187 Å². The molecule has 0 saturated heterocycles. The Hall–Kier alpha value is -3.12. The molecule has 31 heavy (non-hydrogen) atoms. The molecule has 2 aromatic carbocycles. The van der Waals surface area contributed by atoms with Crippen LogP contribution < -0.4 is 10.1 Å². The maximum absolute atomic E-state index is 13.0. The summed E-state index contributed by atoms with van der Waals surface area (Å²) in [5, 5.41) is 5.22. The molecule has 0 saturated carbocycles. The van der Waals surface area contributed by atoms with Crippen LogP contribution in [0.4, 0.5) is 5.00 Å². The largest absolute Gasteiger partial charge is 0.481 e. The molecule has 1 aromatic heterocycles. The van der Waals surface area contributed by atoms with Crippen molar-refractivity contribution in [3.63, 3.8) is 0 Å². The summed E-state index contributed by atoms with van der Waals surface area (Å²) >= 11 is 1.30. The Morgan fingerprint density at radius 1 is 1.03 bits per heavy atom. The van der Waals surface area contributed by atoms with Gasteiger partial charge in [-0.15, -0.1) is 11.3 Å². The van der Waals surface area contributed by atoms with Gasteiger partial charge in [0, 0.05) is 10.9 Å². The fourth-order valence-corrected chi connectivity index (χ4v) is 4.33. The van der Waals surface area contributed by atoms with Gasteiger partial charge in [0.15, 0.2) is 6.10 Å². The highest BCUT2D eigenvalue weighted by Gasteiger charge is 2.26. The fourth-order valence-electron chi connectivity index (χ4n) is 3.37. The Morgan fingerprint density at radius 3 is 2.32 bits per heavy atom. The van der Waals surface area contributed by atoms with E-state index in [9.17, 15) is 9.59 Å². The summed E-state index contributed by atoms with van der Waals surface area (Å²) < 4.78 is 11.2. The number of benzene rings is 2. The van der Waals surface area contributed by atoms with Crippen molar-refractivity contribution in [2.45, 2.75) is 40.2 Å². The van der Waals surface area contributed by atoms with E-state index in [0.717, 1.165) is 22.3 Å². The number of nitrogens with one attached hydrogen (secondary N) is 1. The lowest BCUT2D eigenvalue weighted by Gasteiger charge is -2.18. The Bertz CT molecular complexity index is 1040. The molecule has 162 valence electrons. The highest BCUT2D eigenvalue weighted by atomic mass is 32.1. The minimum absolute atomic E-state index is 0.254. The molecule has 1 heterocycles. The van der Waals surface area contributed by atoms with Crippen molar-refractivity contribution in [2.75, 3.05) is 11.9 Å². The van der Waals surface area contributed by atoms with Crippen LogP contribution in [0, 0.1) is 13.8 Å². The summed E-state index contributed by atoms with van der Waals surface area (Å²) in [7, 11) is 0. The van der Waals surface area contributed by atoms with Crippen LogP contribution in [0.1, 0.15) is 41.8 Å². The summed E-state index contributed by atoms with van der Waals surface area (Å²) in [4.78, 5) is 25.7. The van der Waals surface area contributed by atoms with E-state index in [0.29, 0.717) is 22.7 Å². The normalized spacial score (nSPS) is 11.6. The monoisotopic (exact) mass is 437 g/mol. The standard InChI is InChI=1S/C25H27NO4S/c1-5-21(30-19-13-16(3)12-17(4)14-19)23(27)26-24-22(25(28)29-6-2)20(15-31-24)18-10-8-7-9-11-18/h7-15,21H,5-6H2,1-4H3,(H,26,27). The molecular weight excluding hydrogens is 410 g/mol. The van der Waals surface area contributed by atoms with E-state index in [4.69, 9.17) is 9.47 Å². The third-order valence-electron chi connectivity index (χ3n) is 4.73. The SMILES string of the molecule is CCOC(=O)c1c(-c2ccccc2)csc1NC(=O)C(CC)Oc1cc(C)cc(C)c1. The molecule has 1 atom stereocenters. The van der Waals surface area contributed by atoms with Gasteiger partial charge in [-0.05, 0) is 56.0 Å². The molecule has 6 heteroatoms. The number of rotatable bonds is 8. The molecule has 1 N–H and O–H groups in total. The first-order chi connectivity index (χ1) is 14.9.